The Balaban J connectivity index is 2.09. The first-order valence-electron chi connectivity index (χ1n) is 6.01. The molecule has 0 spiro atoms. The molecule has 2 aromatic rings. The Morgan fingerprint density at radius 1 is 1.42 bits per heavy atom. The molecule has 19 heavy (non-hydrogen) atoms. The number of halogens is 1. The number of anilines is 1. The average molecular weight is 263 g/mol. The molecule has 7 heteroatoms. The molecular formula is C12H14FN5O. The van der Waals surface area contributed by atoms with Gasteiger partial charge in [0.05, 0.1) is 12.1 Å². The maximum Gasteiger partial charge on any atom is 0.182 e. The van der Waals surface area contributed by atoms with Crippen molar-refractivity contribution in [3.05, 3.63) is 24.0 Å². The van der Waals surface area contributed by atoms with Crippen molar-refractivity contribution in [2.45, 2.75) is 18.9 Å². The highest BCUT2D eigenvalue weighted by Gasteiger charge is 2.35. The van der Waals surface area contributed by atoms with Crippen LogP contribution in [0.15, 0.2) is 18.2 Å². The summed E-state index contributed by atoms with van der Waals surface area (Å²) in [7, 11) is 0. The second kappa shape index (κ2) is 4.27. The lowest BCUT2D eigenvalue weighted by Crippen LogP contribution is -2.32. The SMILES string of the molecule is CC1(n2nnnc2-c2cc(N)cc(F)c2)CCOC1. The Kier molecular flexibility index (Phi) is 2.70. The van der Waals surface area contributed by atoms with Gasteiger partial charge in [0.25, 0.3) is 0 Å². The molecule has 100 valence electrons. The lowest BCUT2D eigenvalue weighted by atomic mass is 10.0. The second-order valence-corrected chi connectivity index (χ2v) is 4.99. The van der Waals surface area contributed by atoms with Gasteiger partial charge in [-0.1, -0.05) is 0 Å². The summed E-state index contributed by atoms with van der Waals surface area (Å²) in [4.78, 5) is 0. The Hall–Kier alpha value is -2.02. The van der Waals surface area contributed by atoms with E-state index in [1.807, 2.05) is 6.92 Å². The number of aromatic nitrogens is 4. The van der Waals surface area contributed by atoms with E-state index < -0.39 is 5.82 Å². The molecule has 0 aliphatic carbocycles. The number of nitrogens with two attached hydrogens (primary N) is 1. The first kappa shape index (κ1) is 12.0. The molecule has 1 saturated heterocycles. The van der Waals surface area contributed by atoms with Crippen LogP contribution in [0.3, 0.4) is 0 Å². The molecule has 3 rings (SSSR count). The standard InChI is InChI=1S/C12H14FN5O/c1-12(2-3-19-7-12)18-11(15-16-17-18)8-4-9(13)6-10(14)5-8/h4-6H,2-3,7,14H2,1H3. The highest BCUT2D eigenvalue weighted by atomic mass is 19.1. The number of nitrogens with zero attached hydrogens (tertiary/aromatic N) is 4. The van der Waals surface area contributed by atoms with Crippen LogP contribution in [0, 0.1) is 5.82 Å². The van der Waals surface area contributed by atoms with Crippen LogP contribution >= 0.6 is 0 Å². The molecular weight excluding hydrogens is 249 g/mol. The van der Waals surface area contributed by atoms with Crippen LogP contribution in [0.25, 0.3) is 11.4 Å². The molecule has 6 nitrogen and oxygen atoms in total. The summed E-state index contributed by atoms with van der Waals surface area (Å²) < 4.78 is 20.5. The molecule has 1 atom stereocenters. The van der Waals surface area contributed by atoms with Crippen LogP contribution in [0.4, 0.5) is 10.1 Å². The van der Waals surface area contributed by atoms with Crippen molar-refractivity contribution >= 4 is 5.69 Å². The van der Waals surface area contributed by atoms with E-state index >= 15 is 0 Å². The third kappa shape index (κ3) is 2.06. The molecule has 0 radical (unpaired) electrons. The predicted molar refractivity (Wildman–Crippen MR) is 66.7 cm³/mol. The maximum absolute atomic E-state index is 13.4. The van der Waals surface area contributed by atoms with Crippen molar-refractivity contribution in [1.82, 2.24) is 20.2 Å². The van der Waals surface area contributed by atoms with Gasteiger partial charge in [-0.2, -0.15) is 0 Å². The van der Waals surface area contributed by atoms with Gasteiger partial charge < -0.3 is 10.5 Å². The van der Waals surface area contributed by atoms with Gasteiger partial charge in [0.1, 0.15) is 5.82 Å². The zero-order valence-electron chi connectivity index (χ0n) is 10.5. The van der Waals surface area contributed by atoms with E-state index in [0.29, 0.717) is 30.3 Å². The number of benzene rings is 1. The first-order chi connectivity index (χ1) is 9.08. The summed E-state index contributed by atoms with van der Waals surface area (Å²) in [6.07, 6.45) is 0.815. The second-order valence-electron chi connectivity index (χ2n) is 4.99. The molecule has 2 heterocycles. The quantitative estimate of drug-likeness (QED) is 0.823. The van der Waals surface area contributed by atoms with E-state index in [-0.39, 0.29) is 5.54 Å². The van der Waals surface area contributed by atoms with Crippen LogP contribution in [0.1, 0.15) is 13.3 Å². The molecule has 1 fully saturated rings. The van der Waals surface area contributed by atoms with Gasteiger partial charge in [0.2, 0.25) is 0 Å². The van der Waals surface area contributed by atoms with E-state index in [4.69, 9.17) is 10.5 Å². The Morgan fingerprint density at radius 2 is 2.26 bits per heavy atom. The van der Waals surface area contributed by atoms with E-state index in [9.17, 15) is 4.39 Å². The molecule has 1 aliphatic rings. The van der Waals surface area contributed by atoms with Gasteiger partial charge in [0.15, 0.2) is 5.82 Å². The van der Waals surface area contributed by atoms with Crippen LogP contribution < -0.4 is 5.73 Å². The number of nitrogen functional groups attached to an aromatic ring is 1. The normalized spacial score (nSPS) is 22.8. The summed E-state index contributed by atoms with van der Waals surface area (Å²) >= 11 is 0. The highest BCUT2D eigenvalue weighted by molar-refractivity contribution is 5.61. The number of tetrazole rings is 1. The molecule has 1 aromatic carbocycles. The van der Waals surface area contributed by atoms with Crippen molar-refractivity contribution in [3.63, 3.8) is 0 Å². The number of hydrogen-bond acceptors (Lipinski definition) is 5. The van der Waals surface area contributed by atoms with Gasteiger partial charge >= 0.3 is 0 Å². The summed E-state index contributed by atoms with van der Waals surface area (Å²) in [5, 5.41) is 11.7. The Bertz CT molecular complexity index is 586. The van der Waals surface area contributed by atoms with Crippen molar-refractivity contribution in [2.24, 2.45) is 0 Å². The van der Waals surface area contributed by atoms with E-state index in [2.05, 4.69) is 15.5 Å². The molecule has 0 amide bonds. The predicted octanol–water partition coefficient (Wildman–Crippen LogP) is 1.20. The monoisotopic (exact) mass is 263 g/mol. The Morgan fingerprint density at radius 3 is 2.95 bits per heavy atom. The van der Waals surface area contributed by atoms with Gasteiger partial charge in [-0.05, 0) is 42.0 Å². The minimum atomic E-state index is -0.405. The van der Waals surface area contributed by atoms with Crippen LogP contribution in [-0.4, -0.2) is 33.4 Å². The summed E-state index contributed by atoms with van der Waals surface area (Å²) in [6, 6.07) is 4.29. The summed E-state index contributed by atoms with van der Waals surface area (Å²) in [5.41, 5.74) is 6.26. The molecule has 1 aliphatic heterocycles. The summed E-state index contributed by atoms with van der Waals surface area (Å²) in [5.74, 6) is 0.0941. The van der Waals surface area contributed by atoms with Gasteiger partial charge in [-0.25, -0.2) is 9.07 Å². The Labute approximate surface area is 109 Å². The number of hydrogen-bond donors (Lipinski definition) is 1. The average Bonchev–Trinajstić information content (AvgIpc) is 2.96. The van der Waals surface area contributed by atoms with Crippen molar-refractivity contribution in [1.29, 1.82) is 0 Å². The van der Waals surface area contributed by atoms with Crippen LogP contribution in [0.2, 0.25) is 0 Å². The zero-order valence-corrected chi connectivity index (χ0v) is 10.5. The highest BCUT2D eigenvalue weighted by Crippen LogP contribution is 2.30. The van der Waals surface area contributed by atoms with Gasteiger partial charge in [0, 0.05) is 17.9 Å². The van der Waals surface area contributed by atoms with E-state index in [1.54, 1.807) is 10.7 Å². The fraction of sp³-hybridized carbons (Fsp3) is 0.417. The third-order valence-corrected chi connectivity index (χ3v) is 3.36. The van der Waals surface area contributed by atoms with E-state index in [1.165, 1.54) is 12.1 Å². The molecule has 0 bridgehead atoms. The number of ether oxygens (including phenoxy) is 1. The minimum Gasteiger partial charge on any atom is -0.399 e. The zero-order chi connectivity index (χ0) is 13.5. The molecule has 1 unspecified atom stereocenters. The largest absolute Gasteiger partial charge is 0.399 e. The molecule has 1 aromatic heterocycles. The van der Waals surface area contributed by atoms with E-state index in [0.717, 1.165) is 6.42 Å². The maximum atomic E-state index is 13.4. The number of rotatable bonds is 2. The third-order valence-electron chi connectivity index (χ3n) is 3.36. The summed E-state index contributed by atoms with van der Waals surface area (Å²) in [6.45, 7) is 3.22. The topological polar surface area (TPSA) is 78.9 Å². The minimum absolute atomic E-state index is 0.306. The van der Waals surface area contributed by atoms with Crippen LogP contribution in [-0.2, 0) is 10.3 Å². The van der Waals surface area contributed by atoms with Crippen molar-refractivity contribution in [3.8, 4) is 11.4 Å². The van der Waals surface area contributed by atoms with Gasteiger partial charge in [-0.3, -0.25) is 0 Å². The van der Waals surface area contributed by atoms with Crippen LogP contribution in [0.5, 0.6) is 0 Å². The lowest BCUT2D eigenvalue weighted by molar-refractivity contribution is 0.155. The molecule has 0 saturated carbocycles. The lowest BCUT2D eigenvalue weighted by Gasteiger charge is -2.22. The van der Waals surface area contributed by atoms with Gasteiger partial charge in [-0.15, -0.1) is 5.10 Å². The first-order valence-corrected chi connectivity index (χ1v) is 6.01. The fourth-order valence-electron chi connectivity index (χ4n) is 2.30. The van der Waals surface area contributed by atoms with Crippen molar-refractivity contribution < 1.29 is 9.13 Å². The molecule has 2 N–H and O–H groups in total. The smallest absolute Gasteiger partial charge is 0.182 e. The van der Waals surface area contributed by atoms with Crippen molar-refractivity contribution in [2.75, 3.05) is 18.9 Å². The fourth-order valence-corrected chi connectivity index (χ4v) is 2.30.